The van der Waals surface area contributed by atoms with Gasteiger partial charge in [-0.05, 0) is 135 Å². The number of carbonyl (C=O) groups is 3. The van der Waals surface area contributed by atoms with Crippen LogP contribution in [0.4, 0.5) is 0 Å². The number of hydrogen-bond donors (Lipinski definition) is 4. The summed E-state index contributed by atoms with van der Waals surface area (Å²) in [6.07, 6.45) is 89.0. The highest BCUT2D eigenvalue weighted by Crippen LogP contribution is 2.45. The fraction of sp³-hybridized carbons (Fsp3) is 0.667. The molecule has 0 amide bonds. The number of carbonyl (C=O) groups excluding carboxylic acids is 3. The average Bonchev–Trinajstić information content (AvgIpc) is 1.26. The van der Waals surface area contributed by atoms with E-state index in [1.165, 1.54) is 57.8 Å². The van der Waals surface area contributed by atoms with E-state index in [0.717, 1.165) is 173 Å². The maximum atomic E-state index is 12.9. The molecule has 0 saturated heterocycles. The third kappa shape index (κ3) is 74.4. The van der Waals surface area contributed by atoms with Crippen LogP contribution in [0.25, 0.3) is 0 Å². The molecule has 0 aromatic rings. The minimum Gasteiger partial charge on any atom is -0.463 e. The molecule has 0 aromatic carbocycles. The number of aliphatic hydroxyl groups excluding tert-OH is 2. The predicted molar refractivity (Wildman–Crippen MR) is 408 cm³/mol. The number of esters is 3. The quantitative estimate of drug-likeness (QED) is 0.0146. The molecule has 18 heteroatoms. The van der Waals surface area contributed by atoms with Crippen molar-refractivity contribution >= 4 is 33.6 Å². The molecule has 0 radical (unpaired) electrons. The lowest BCUT2D eigenvalue weighted by atomic mass is 10.1. The van der Waals surface area contributed by atoms with E-state index in [9.17, 15) is 43.5 Å². The van der Waals surface area contributed by atoms with Crippen LogP contribution >= 0.6 is 15.6 Å². The number of aliphatic hydroxyl groups is 2. The van der Waals surface area contributed by atoms with Crippen LogP contribution in [0, 0.1) is 0 Å². The van der Waals surface area contributed by atoms with Gasteiger partial charge in [-0.15, -0.1) is 0 Å². The Labute approximate surface area is 600 Å². The van der Waals surface area contributed by atoms with E-state index in [4.69, 9.17) is 32.3 Å². The second-order valence-electron chi connectivity index (χ2n) is 25.0. The van der Waals surface area contributed by atoms with Crippen molar-refractivity contribution in [3.05, 3.63) is 146 Å². The average molecular weight is 1430 g/mol. The van der Waals surface area contributed by atoms with Crippen molar-refractivity contribution in [2.75, 3.05) is 39.6 Å². The number of phosphoric acid groups is 2. The van der Waals surface area contributed by atoms with E-state index in [0.29, 0.717) is 19.3 Å². The maximum Gasteiger partial charge on any atom is 0.472 e. The van der Waals surface area contributed by atoms with Gasteiger partial charge in [0, 0.05) is 19.3 Å². The normalized spacial score (nSPS) is 14.9. The third-order valence-corrected chi connectivity index (χ3v) is 17.4. The summed E-state index contributed by atoms with van der Waals surface area (Å²) in [6.45, 7) is 2.37. The number of unbranched alkanes of at least 4 members (excludes halogenated alkanes) is 24. The molecule has 0 fully saturated rings. The van der Waals surface area contributed by atoms with Gasteiger partial charge in [-0.2, -0.15) is 0 Å². The first kappa shape index (κ1) is 94.4. The van der Waals surface area contributed by atoms with Gasteiger partial charge in [-0.25, -0.2) is 9.13 Å². The smallest absolute Gasteiger partial charge is 0.463 e. The Bertz CT molecular complexity index is 2380. The highest BCUT2D eigenvalue weighted by atomic mass is 31.2. The second-order valence-corrected chi connectivity index (χ2v) is 27.9. The molecule has 4 N–H and O–H groups in total. The molecule has 0 spiro atoms. The zero-order chi connectivity index (χ0) is 72.3. The topological polar surface area (TPSA) is 231 Å². The van der Waals surface area contributed by atoms with Crippen LogP contribution in [-0.2, 0) is 55.8 Å². The zero-order valence-electron chi connectivity index (χ0n) is 61.6. The Balaban J connectivity index is 4.51. The van der Waals surface area contributed by atoms with Crippen molar-refractivity contribution in [2.45, 2.75) is 309 Å². The molecule has 0 aliphatic carbocycles. The highest BCUT2D eigenvalue weighted by molar-refractivity contribution is 7.47. The first-order valence-electron chi connectivity index (χ1n) is 38.1. The number of allylic oxidation sites excluding steroid dienone is 24. The summed E-state index contributed by atoms with van der Waals surface area (Å²) in [5.41, 5.74) is 0. The molecule has 566 valence electrons. The van der Waals surface area contributed by atoms with Gasteiger partial charge < -0.3 is 34.2 Å². The number of hydrogen-bond acceptors (Lipinski definition) is 14. The molecule has 0 aliphatic rings. The minimum atomic E-state index is -4.93. The molecule has 5 atom stereocenters. The van der Waals surface area contributed by atoms with E-state index in [2.05, 4.69) is 167 Å². The van der Waals surface area contributed by atoms with Crippen LogP contribution < -0.4 is 0 Å². The summed E-state index contributed by atoms with van der Waals surface area (Å²) in [5, 5.41) is 20.6. The largest absolute Gasteiger partial charge is 0.472 e. The van der Waals surface area contributed by atoms with E-state index >= 15 is 0 Å². The van der Waals surface area contributed by atoms with Gasteiger partial charge in [0.05, 0.1) is 26.4 Å². The summed E-state index contributed by atoms with van der Waals surface area (Å²) in [5.74, 6) is -1.60. The Morgan fingerprint density at radius 1 is 0.293 bits per heavy atom. The summed E-state index contributed by atoms with van der Waals surface area (Å²) in [6, 6.07) is 0. The second kappa shape index (κ2) is 73.2. The first-order chi connectivity index (χ1) is 48.2. The van der Waals surface area contributed by atoms with Crippen molar-refractivity contribution in [2.24, 2.45) is 0 Å². The summed E-state index contributed by atoms with van der Waals surface area (Å²) in [4.78, 5) is 58.5. The van der Waals surface area contributed by atoms with Crippen molar-refractivity contribution in [1.82, 2.24) is 0 Å². The van der Waals surface area contributed by atoms with Crippen molar-refractivity contribution < 1.29 is 75.8 Å². The summed E-state index contributed by atoms with van der Waals surface area (Å²) < 4.78 is 61.0. The number of ether oxygens (including phenoxy) is 3. The SMILES string of the molecule is CC/C=C\C/C=C\C/C=C\C/C=C\C/C=C\C/C=C\CCCCCCCCCCC(=O)OCC(O)COP(=O)(O)OCC(O)COP(=O)(O)OCC(COC(=O)CCCCCCCCCCC/C=C\C/C=C\C/C=C\C/C=C\C/C=C\CC)OC(=O)CCCCCCC/C=C\CCCC. The molecule has 0 heterocycles. The van der Waals surface area contributed by atoms with Gasteiger partial charge in [0.25, 0.3) is 0 Å². The molecule has 0 aliphatic heterocycles. The first-order valence-corrected chi connectivity index (χ1v) is 41.1. The molecule has 0 aromatic heterocycles. The van der Waals surface area contributed by atoms with Gasteiger partial charge in [-0.1, -0.05) is 282 Å². The van der Waals surface area contributed by atoms with Gasteiger partial charge in [0.1, 0.15) is 25.4 Å². The van der Waals surface area contributed by atoms with Crippen LogP contribution in [0.5, 0.6) is 0 Å². The van der Waals surface area contributed by atoms with Crippen LogP contribution in [0.2, 0.25) is 0 Å². The molecule has 0 rings (SSSR count). The van der Waals surface area contributed by atoms with Gasteiger partial charge in [0.2, 0.25) is 0 Å². The molecular formula is C81H136O16P2. The van der Waals surface area contributed by atoms with E-state index in [-0.39, 0.29) is 19.3 Å². The minimum absolute atomic E-state index is 0.0894. The van der Waals surface area contributed by atoms with Gasteiger partial charge >= 0.3 is 33.6 Å². The van der Waals surface area contributed by atoms with Crippen LogP contribution in [0.3, 0.4) is 0 Å². The van der Waals surface area contributed by atoms with E-state index < -0.39 is 91.5 Å². The standard InChI is InChI=1S/C81H136O16P2/c1-4-7-10-13-16-19-22-24-26-28-30-32-34-36-37-39-41-42-44-46-48-50-53-55-58-61-64-67-79(84)91-70-76(82)71-93-98(87,88)94-72-77(83)73-95-99(89,90)96-75-78(97-81(86)69-66-63-60-57-52-21-18-15-12-9-6-3)74-92-80(85)68-65-62-59-56-54-51-49-47-45-43-40-38-35-33-31-29-27-25-23-20-17-14-11-8-5-2/h7-8,10-11,15-20,24-27,30-33,36-38,40-42,76-78,82-83H,4-6,9,12-14,21-23,28-29,34-35,39,43-75H2,1-3H3,(H,87,88)(H,89,90)/b10-7-,11-8-,18-15-,19-16-,20-17-,26-24-,27-25-,32-30-,33-31-,37-36-,40-38-,42-41-. The lowest BCUT2D eigenvalue weighted by Gasteiger charge is -2.21. The molecule has 16 nitrogen and oxygen atoms in total. The Morgan fingerprint density at radius 2 is 0.535 bits per heavy atom. The highest BCUT2D eigenvalue weighted by Gasteiger charge is 2.29. The third-order valence-electron chi connectivity index (χ3n) is 15.5. The lowest BCUT2D eigenvalue weighted by Crippen LogP contribution is -2.30. The van der Waals surface area contributed by atoms with Crippen molar-refractivity contribution in [3.63, 3.8) is 0 Å². The van der Waals surface area contributed by atoms with Gasteiger partial charge in [0.15, 0.2) is 6.10 Å². The fourth-order valence-corrected chi connectivity index (χ4v) is 11.3. The Hall–Kier alpha value is -4.57. The summed E-state index contributed by atoms with van der Waals surface area (Å²) in [7, 11) is -9.79. The fourth-order valence-electron chi connectivity index (χ4n) is 9.76. The van der Waals surface area contributed by atoms with Crippen LogP contribution in [-0.4, -0.2) is 95.9 Å². The molecule has 99 heavy (non-hydrogen) atoms. The zero-order valence-corrected chi connectivity index (χ0v) is 63.4. The monoisotopic (exact) mass is 1430 g/mol. The van der Waals surface area contributed by atoms with Crippen LogP contribution in [0.15, 0.2) is 146 Å². The predicted octanol–water partition coefficient (Wildman–Crippen LogP) is 22.1. The Morgan fingerprint density at radius 3 is 0.859 bits per heavy atom. The lowest BCUT2D eigenvalue weighted by molar-refractivity contribution is -0.161. The van der Waals surface area contributed by atoms with Gasteiger partial charge in [-0.3, -0.25) is 32.5 Å². The summed E-state index contributed by atoms with van der Waals surface area (Å²) >= 11 is 0. The molecule has 0 saturated carbocycles. The van der Waals surface area contributed by atoms with Crippen molar-refractivity contribution in [1.29, 1.82) is 0 Å². The number of phosphoric ester groups is 2. The number of rotatable bonds is 71. The van der Waals surface area contributed by atoms with E-state index in [1.54, 1.807) is 0 Å². The van der Waals surface area contributed by atoms with Crippen LogP contribution in [0.1, 0.15) is 290 Å². The van der Waals surface area contributed by atoms with E-state index in [1.807, 2.05) is 0 Å². The molecule has 0 bridgehead atoms. The maximum absolute atomic E-state index is 12.9. The van der Waals surface area contributed by atoms with Crippen molar-refractivity contribution in [3.8, 4) is 0 Å². The molecule has 5 unspecified atom stereocenters. The molecular weight excluding hydrogens is 1290 g/mol. The Kier molecular flexibility index (Phi) is 69.8.